The van der Waals surface area contributed by atoms with Gasteiger partial charge in [-0.1, -0.05) is 0 Å². The van der Waals surface area contributed by atoms with E-state index >= 15 is 0 Å². The van der Waals surface area contributed by atoms with Crippen molar-refractivity contribution < 1.29 is 9.53 Å². The molecule has 1 amide bonds. The van der Waals surface area contributed by atoms with Gasteiger partial charge in [-0.2, -0.15) is 0 Å². The third-order valence-corrected chi connectivity index (χ3v) is 5.64. The fourth-order valence-electron chi connectivity index (χ4n) is 3.65. The summed E-state index contributed by atoms with van der Waals surface area (Å²) in [6.45, 7) is 1.66. The van der Waals surface area contributed by atoms with Crippen LogP contribution < -0.4 is 5.56 Å². The molecule has 2 atom stereocenters. The molecule has 2 unspecified atom stereocenters. The van der Waals surface area contributed by atoms with Gasteiger partial charge in [-0.05, 0) is 30.7 Å². The molecule has 6 nitrogen and oxygen atoms in total. The Labute approximate surface area is 137 Å². The molecule has 2 fully saturated rings. The number of aryl methyl sites for hydroxylation is 1. The van der Waals surface area contributed by atoms with Crippen molar-refractivity contribution in [1.82, 2.24) is 14.5 Å². The number of ether oxygens (including phenoxy) is 1. The van der Waals surface area contributed by atoms with Crippen molar-refractivity contribution in [3.8, 4) is 0 Å². The molecule has 1 aliphatic heterocycles. The molecule has 0 N–H and O–H groups in total. The minimum atomic E-state index is -0.0650. The number of nitrogens with zero attached hydrogens (tertiary/aromatic N) is 3. The molecular weight excluding hydrogens is 314 g/mol. The molecule has 0 spiro atoms. The van der Waals surface area contributed by atoms with Gasteiger partial charge in [0.2, 0.25) is 5.91 Å². The maximum atomic E-state index is 12.6. The molecule has 1 aliphatic carbocycles. The standard InChI is InChI=1S/C16H19N3O3S/c20-14(19-7-8-22-13-3-1-2-12(13)19)4-6-18-10-17-15-11(16(18)21)5-9-23-15/h5,9-10,12-13H,1-4,6-8H2. The number of rotatable bonds is 3. The summed E-state index contributed by atoms with van der Waals surface area (Å²) in [5.41, 5.74) is -0.0650. The maximum absolute atomic E-state index is 12.6. The molecule has 0 bridgehead atoms. The van der Waals surface area contributed by atoms with Gasteiger partial charge in [-0.15, -0.1) is 11.3 Å². The first-order valence-electron chi connectivity index (χ1n) is 8.08. The third kappa shape index (κ3) is 2.68. The first-order valence-corrected chi connectivity index (χ1v) is 8.96. The average molecular weight is 333 g/mol. The van der Waals surface area contributed by atoms with Crippen molar-refractivity contribution >= 4 is 27.5 Å². The number of carbonyl (C=O) groups is 1. The van der Waals surface area contributed by atoms with Crippen molar-refractivity contribution in [2.45, 2.75) is 44.4 Å². The van der Waals surface area contributed by atoms with E-state index in [0.29, 0.717) is 31.5 Å². The van der Waals surface area contributed by atoms with Gasteiger partial charge in [0.25, 0.3) is 5.56 Å². The monoisotopic (exact) mass is 333 g/mol. The summed E-state index contributed by atoms with van der Waals surface area (Å²) < 4.78 is 7.29. The Morgan fingerprint density at radius 1 is 1.43 bits per heavy atom. The number of hydrogen-bond acceptors (Lipinski definition) is 5. The molecule has 4 rings (SSSR count). The fraction of sp³-hybridized carbons (Fsp3) is 0.562. The molecule has 1 saturated heterocycles. The number of carbonyl (C=O) groups excluding carboxylic acids is 1. The number of hydrogen-bond donors (Lipinski definition) is 0. The van der Waals surface area contributed by atoms with Crippen LogP contribution >= 0.6 is 11.3 Å². The Morgan fingerprint density at radius 2 is 2.35 bits per heavy atom. The second-order valence-corrected chi connectivity index (χ2v) is 7.02. The highest BCUT2D eigenvalue weighted by atomic mass is 32.1. The van der Waals surface area contributed by atoms with E-state index in [0.717, 1.165) is 24.1 Å². The first-order chi connectivity index (χ1) is 11.2. The Kier molecular flexibility index (Phi) is 3.90. The number of thiophene rings is 1. The second-order valence-electron chi connectivity index (χ2n) is 6.13. The van der Waals surface area contributed by atoms with Gasteiger partial charge in [0.05, 0.1) is 30.5 Å². The van der Waals surface area contributed by atoms with Gasteiger partial charge < -0.3 is 9.64 Å². The maximum Gasteiger partial charge on any atom is 0.262 e. The van der Waals surface area contributed by atoms with Crippen LogP contribution in [-0.4, -0.2) is 45.7 Å². The largest absolute Gasteiger partial charge is 0.374 e. The average Bonchev–Trinajstić information content (AvgIpc) is 3.22. The smallest absolute Gasteiger partial charge is 0.262 e. The van der Waals surface area contributed by atoms with Gasteiger partial charge in [-0.25, -0.2) is 4.98 Å². The van der Waals surface area contributed by atoms with Crippen LogP contribution in [0.3, 0.4) is 0 Å². The molecular formula is C16H19N3O3S. The van der Waals surface area contributed by atoms with Gasteiger partial charge >= 0.3 is 0 Å². The zero-order valence-electron chi connectivity index (χ0n) is 12.8. The van der Waals surface area contributed by atoms with Crippen molar-refractivity contribution in [3.05, 3.63) is 28.1 Å². The fourth-order valence-corrected chi connectivity index (χ4v) is 4.37. The molecule has 7 heteroatoms. The lowest BCUT2D eigenvalue weighted by atomic mass is 10.1. The van der Waals surface area contributed by atoms with E-state index in [-0.39, 0.29) is 23.6 Å². The predicted molar refractivity (Wildman–Crippen MR) is 87.6 cm³/mol. The summed E-state index contributed by atoms with van der Waals surface area (Å²) in [6, 6.07) is 2.02. The van der Waals surface area contributed by atoms with Crippen LogP contribution in [0.15, 0.2) is 22.6 Å². The predicted octanol–water partition coefficient (Wildman–Crippen LogP) is 1.63. The van der Waals surface area contributed by atoms with Gasteiger partial charge in [0.1, 0.15) is 4.83 Å². The lowest BCUT2D eigenvalue weighted by molar-refractivity contribution is -0.144. The quantitative estimate of drug-likeness (QED) is 0.856. The normalized spacial score (nSPS) is 24.1. The molecule has 1 saturated carbocycles. The van der Waals surface area contributed by atoms with Gasteiger partial charge in [-0.3, -0.25) is 14.2 Å². The summed E-state index contributed by atoms with van der Waals surface area (Å²) in [5.74, 6) is 0.113. The van der Waals surface area contributed by atoms with E-state index in [1.165, 1.54) is 11.3 Å². The van der Waals surface area contributed by atoms with Crippen LogP contribution in [0.4, 0.5) is 0 Å². The van der Waals surface area contributed by atoms with Crippen molar-refractivity contribution in [2.75, 3.05) is 13.2 Å². The molecule has 23 heavy (non-hydrogen) atoms. The second kappa shape index (κ2) is 6.05. The van der Waals surface area contributed by atoms with Gasteiger partial charge in [0, 0.05) is 19.5 Å². The van der Waals surface area contributed by atoms with Crippen molar-refractivity contribution in [2.24, 2.45) is 0 Å². The third-order valence-electron chi connectivity index (χ3n) is 4.82. The minimum Gasteiger partial charge on any atom is -0.374 e. The SMILES string of the molecule is O=C(CCn1cnc2sccc2c1=O)N1CCOC2CCCC21. The number of aromatic nitrogens is 2. The van der Waals surface area contributed by atoms with E-state index in [1.807, 2.05) is 10.3 Å². The highest BCUT2D eigenvalue weighted by Gasteiger charge is 2.38. The van der Waals surface area contributed by atoms with Crippen LogP contribution in [0.25, 0.3) is 10.2 Å². The van der Waals surface area contributed by atoms with Crippen LogP contribution in [0.2, 0.25) is 0 Å². The van der Waals surface area contributed by atoms with Gasteiger partial charge in [0.15, 0.2) is 0 Å². The number of amides is 1. The highest BCUT2D eigenvalue weighted by molar-refractivity contribution is 7.16. The van der Waals surface area contributed by atoms with E-state index in [1.54, 1.807) is 17.0 Å². The Hall–Kier alpha value is -1.73. The highest BCUT2D eigenvalue weighted by Crippen LogP contribution is 2.30. The molecule has 2 aromatic heterocycles. The van der Waals surface area contributed by atoms with Crippen LogP contribution in [-0.2, 0) is 16.1 Å². The van der Waals surface area contributed by atoms with Crippen LogP contribution in [0.5, 0.6) is 0 Å². The summed E-state index contributed by atoms with van der Waals surface area (Å²) in [5, 5.41) is 2.50. The first kappa shape index (κ1) is 14.8. The summed E-state index contributed by atoms with van der Waals surface area (Å²) >= 11 is 1.45. The topological polar surface area (TPSA) is 64.4 Å². The molecule has 0 radical (unpaired) electrons. The lowest BCUT2D eigenvalue weighted by Gasteiger charge is -2.37. The van der Waals surface area contributed by atoms with Crippen LogP contribution in [0.1, 0.15) is 25.7 Å². The van der Waals surface area contributed by atoms with Crippen molar-refractivity contribution in [3.63, 3.8) is 0 Å². The lowest BCUT2D eigenvalue weighted by Crippen LogP contribution is -2.51. The van der Waals surface area contributed by atoms with Crippen molar-refractivity contribution in [1.29, 1.82) is 0 Å². The van der Waals surface area contributed by atoms with Crippen LogP contribution in [0, 0.1) is 0 Å². The molecule has 0 aromatic carbocycles. The van der Waals surface area contributed by atoms with E-state index < -0.39 is 0 Å². The molecule has 2 aliphatic rings. The zero-order chi connectivity index (χ0) is 15.8. The molecule has 122 valence electrons. The Bertz CT molecular complexity index is 784. The molecule has 3 heterocycles. The van der Waals surface area contributed by atoms with E-state index in [2.05, 4.69) is 4.98 Å². The Morgan fingerprint density at radius 3 is 3.26 bits per heavy atom. The number of fused-ring (bicyclic) bond motifs is 2. The minimum absolute atomic E-state index is 0.0650. The summed E-state index contributed by atoms with van der Waals surface area (Å²) in [6.07, 6.45) is 5.29. The summed E-state index contributed by atoms with van der Waals surface area (Å²) in [7, 11) is 0. The Balaban J connectivity index is 1.46. The zero-order valence-corrected chi connectivity index (χ0v) is 13.6. The van der Waals surface area contributed by atoms with E-state index in [4.69, 9.17) is 4.74 Å². The van der Waals surface area contributed by atoms with E-state index in [9.17, 15) is 9.59 Å². The summed E-state index contributed by atoms with van der Waals surface area (Å²) in [4.78, 5) is 31.9. The number of morpholine rings is 1. The molecule has 2 aromatic rings.